The highest BCUT2D eigenvalue weighted by Gasteiger charge is 2.55. The SMILES string of the molecule is C=C1C[C@@H]2COC(=O)[C@]2(Cc2ccc(F)cc2)C1. The van der Waals surface area contributed by atoms with Crippen LogP contribution in [0.4, 0.5) is 4.39 Å². The highest BCUT2D eigenvalue weighted by molar-refractivity contribution is 5.81. The van der Waals surface area contributed by atoms with Crippen LogP contribution >= 0.6 is 0 Å². The van der Waals surface area contributed by atoms with Crippen molar-refractivity contribution in [2.24, 2.45) is 11.3 Å². The first-order chi connectivity index (χ1) is 8.60. The molecule has 1 aromatic carbocycles. The molecule has 0 radical (unpaired) electrons. The van der Waals surface area contributed by atoms with Crippen LogP contribution in [0.25, 0.3) is 0 Å². The summed E-state index contributed by atoms with van der Waals surface area (Å²) in [4.78, 5) is 12.1. The number of hydrogen-bond donors (Lipinski definition) is 0. The number of carbonyl (C=O) groups is 1. The van der Waals surface area contributed by atoms with Crippen LogP contribution in [-0.4, -0.2) is 12.6 Å². The fraction of sp³-hybridized carbons (Fsp3) is 0.400. The predicted molar refractivity (Wildman–Crippen MR) is 65.4 cm³/mol. The van der Waals surface area contributed by atoms with E-state index in [-0.39, 0.29) is 17.7 Å². The molecule has 3 rings (SSSR count). The van der Waals surface area contributed by atoms with Crippen molar-refractivity contribution >= 4 is 5.97 Å². The highest BCUT2D eigenvalue weighted by atomic mass is 19.1. The Labute approximate surface area is 105 Å². The lowest BCUT2D eigenvalue weighted by Gasteiger charge is -2.23. The number of halogens is 1. The van der Waals surface area contributed by atoms with Crippen LogP contribution < -0.4 is 0 Å². The lowest BCUT2D eigenvalue weighted by atomic mass is 9.75. The first-order valence-electron chi connectivity index (χ1n) is 6.18. The Bertz CT molecular complexity index is 506. The molecule has 0 spiro atoms. The summed E-state index contributed by atoms with van der Waals surface area (Å²) in [6.07, 6.45) is 2.19. The van der Waals surface area contributed by atoms with E-state index in [0.29, 0.717) is 19.4 Å². The number of fused-ring (bicyclic) bond motifs is 1. The quantitative estimate of drug-likeness (QED) is 0.592. The van der Waals surface area contributed by atoms with Crippen molar-refractivity contribution in [1.82, 2.24) is 0 Å². The Morgan fingerprint density at radius 1 is 1.39 bits per heavy atom. The van der Waals surface area contributed by atoms with Gasteiger partial charge in [0.15, 0.2) is 0 Å². The van der Waals surface area contributed by atoms with Crippen molar-refractivity contribution in [1.29, 1.82) is 0 Å². The molecule has 2 fully saturated rings. The molecule has 2 aliphatic rings. The molecule has 2 nitrogen and oxygen atoms in total. The zero-order valence-electron chi connectivity index (χ0n) is 10.1. The first kappa shape index (κ1) is 11.5. The Morgan fingerprint density at radius 2 is 2.11 bits per heavy atom. The Balaban J connectivity index is 1.91. The number of hydrogen-bond acceptors (Lipinski definition) is 2. The van der Waals surface area contributed by atoms with Crippen molar-refractivity contribution in [2.75, 3.05) is 6.61 Å². The van der Waals surface area contributed by atoms with Crippen molar-refractivity contribution in [3.8, 4) is 0 Å². The van der Waals surface area contributed by atoms with E-state index in [1.807, 2.05) is 0 Å². The summed E-state index contributed by atoms with van der Waals surface area (Å²) in [5, 5.41) is 0. The summed E-state index contributed by atoms with van der Waals surface area (Å²) in [5.41, 5.74) is 1.66. The number of rotatable bonds is 2. The maximum Gasteiger partial charge on any atom is 0.313 e. The molecule has 1 aliphatic heterocycles. The second-order valence-electron chi connectivity index (χ2n) is 5.39. The van der Waals surface area contributed by atoms with Gasteiger partial charge in [-0.05, 0) is 37.0 Å². The van der Waals surface area contributed by atoms with Gasteiger partial charge in [-0.15, -0.1) is 0 Å². The molecule has 0 aromatic heterocycles. The topological polar surface area (TPSA) is 26.3 Å². The van der Waals surface area contributed by atoms with Gasteiger partial charge in [0.25, 0.3) is 0 Å². The van der Waals surface area contributed by atoms with Crippen molar-refractivity contribution in [2.45, 2.75) is 19.3 Å². The smallest absolute Gasteiger partial charge is 0.313 e. The summed E-state index contributed by atoms with van der Waals surface area (Å²) in [6.45, 7) is 4.50. The van der Waals surface area contributed by atoms with E-state index in [0.717, 1.165) is 17.6 Å². The summed E-state index contributed by atoms with van der Waals surface area (Å²) in [6, 6.07) is 6.36. The molecule has 0 bridgehead atoms. The van der Waals surface area contributed by atoms with Crippen molar-refractivity contribution < 1.29 is 13.9 Å². The molecule has 1 aromatic rings. The lowest BCUT2D eigenvalue weighted by Crippen LogP contribution is -2.31. The molecule has 3 heteroatoms. The van der Waals surface area contributed by atoms with Gasteiger partial charge in [0.05, 0.1) is 12.0 Å². The van der Waals surface area contributed by atoms with Gasteiger partial charge in [0.2, 0.25) is 0 Å². The lowest BCUT2D eigenvalue weighted by molar-refractivity contribution is -0.146. The number of allylic oxidation sites excluding steroid dienone is 1. The number of esters is 1. The van der Waals surface area contributed by atoms with Crippen LogP contribution in [0.2, 0.25) is 0 Å². The van der Waals surface area contributed by atoms with E-state index in [9.17, 15) is 9.18 Å². The summed E-state index contributed by atoms with van der Waals surface area (Å²) < 4.78 is 18.1. The summed E-state index contributed by atoms with van der Waals surface area (Å²) in [7, 11) is 0. The van der Waals surface area contributed by atoms with E-state index in [1.54, 1.807) is 12.1 Å². The van der Waals surface area contributed by atoms with Gasteiger partial charge < -0.3 is 4.74 Å². The van der Waals surface area contributed by atoms with Crippen molar-refractivity contribution in [3.63, 3.8) is 0 Å². The van der Waals surface area contributed by atoms with E-state index in [2.05, 4.69) is 6.58 Å². The normalized spacial score (nSPS) is 30.4. The molecule has 0 N–H and O–H groups in total. The number of benzene rings is 1. The third kappa shape index (κ3) is 1.65. The standard InChI is InChI=1S/C15H15FO2/c1-10-6-12-9-18-14(17)15(12,7-10)8-11-2-4-13(16)5-3-11/h2-5,12H,1,6-9H2/t12-,15+/m1/s1. The fourth-order valence-corrected chi connectivity index (χ4v) is 3.23. The maximum atomic E-state index is 12.9. The molecule has 1 aliphatic carbocycles. The maximum absolute atomic E-state index is 12.9. The van der Waals surface area contributed by atoms with Gasteiger partial charge in [-0.25, -0.2) is 4.39 Å². The van der Waals surface area contributed by atoms with Gasteiger partial charge in [-0.3, -0.25) is 4.79 Å². The van der Waals surface area contributed by atoms with E-state index in [4.69, 9.17) is 4.74 Å². The van der Waals surface area contributed by atoms with Crippen LogP contribution in [0.1, 0.15) is 18.4 Å². The van der Waals surface area contributed by atoms with E-state index >= 15 is 0 Å². The van der Waals surface area contributed by atoms with Gasteiger partial charge in [-0.1, -0.05) is 24.3 Å². The van der Waals surface area contributed by atoms with Gasteiger partial charge in [0.1, 0.15) is 5.82 Å². The van der Waals surface area contributed by atoms with Crippen LogP contribution in [0.15, 0.2) is 36.4 Å². The monoisotopic (exact) mass is 246 g/mol. The molecule has 1 saturated heterocycles. The minimum absolute atomic E-state index is 0.115. The molecule has 2 atom stereocenters. The van der Waals surface area contributed by atoms with Crippen molar-refractivity contribution in [3.05, 3.63) is 47.8 Å². The molecule has 0 amide bonds. The Hall–Kier alpha value is -1.64. The average molecular weight is 246 g/mol. The molecule has 1 heterocycles. The van der Waals surface area contributed by atoms with Crippen LogP contribution in [0.3, 0.4) is 0 Å². The minimum Gasteiger partial charge on any atom is -0.465 e. The van der Waals surface area contributed by atoms with Gasteiger partial charge in [-0.2, -0.15) is 0 Å². The molecular weight excluding hydrogens is 231 g/mol. The molecule has 1 saturated carbocycles. The van der Waals surface area contributed by atoms with Crippen LogP contribution in [-0.2, 0) is 16.0 Å². The zero-order chi connectivity index (χ0) is 12.8. The minimum atomic E-state index is -0.449. The number of cyclic esters (lactones) is 1. The largest absolute Gasteiger partial charge is 0.465 e. The fourth-order valence-electron chi connectivity index (χ4n) is 3.23. The second-order valence-corrected chi connectivity index (χ2v) is 5.39. The van der Waals surface area contributed by atoms with Gasteiger partial charge >= 0.3 is 5.97 Å². The molecular formula is C15H15FO2. The summed E-state index contributed by atoms with van der Waals surface area (Å²) >= 11 is 0. The Kier molecular flexibility index (Phi) is 2.51. The first-order valence-corrected chi connectivity index (χ1v) is 6.18. The van der Waals surface area contributed by atoms with Gasteiger partial charge in [0, 0.05) is 5.92 Å². The van der Waals surface area contributed by atoms with E-state index < -0.39 is 5.41 Å². The van der Waals surface area contributed by atoms with Crippen LogP contribution in [0.5, 0.6) is 0 Å². The third-order valence-corrected chi connectivity index (χ3v) is 4.14. The molecule has 0 unspecified atom stereocenters. The highest BCUT2D eigenvalue weighted by Crippen LogP contribution is 2.52. The average Bonchev–Trinajstić information content (AvgIpc) is 2.79. The molecule has 18 heavy (non-hydrogen) atoms. The second kappa shape index (κ2) is 3.94. The zero-order valence-corrected chi connectivity index (χ0v) is 10.1. The molecule has 94 valence electrons. The van der Waals surface area contributed by atoms with E-state index in [1.165, 1.54) is 12.1 Å². The summed E-state index contributed by atoms with van der Waals surface area (Å²) in [5.74, 6) is -0.129. The van der Waals surface area contributed by atoms with Crippen LogP contribution in [0, 0.1) is 17.2 Å². The number of carbonyl (C=O) groups excluding carboxylic acids is 1. The Morgan fingerprint density at radius 3 is 2.83 bits per heavy atom. The third-order valence-electron chi connectivity index (χ3n) is 4.14. The predicted octanol–water partition coefficient (Wildman–Crippen LogP) is 2.88. The number of ether oxygens (including phenoxy) is 1.